The molecule has 2 saturated carbocycles. The van der Waals surface area contributed by atoms with Gasteiger partial charge in [0.1, 0.15) is 12.3 Å². The van der Waals surface area contributed by atoms with Crippen LogP contribution in [0.3, 0.4) is 0 Å². The SMILES string of the molecule is C=N/C(=N\C=C(/C)OC)NC(=O)CN1C[C@]2(CC[C@](c3ccccc3)(N(C)C)CC2)N(CC2CCC2)C1=O. The van der Waals surface area contributed by atoms with Crippen LogP contribution in [0, 0.1) is 5.92 Å². The van der Waals surface area contributed by atoms with E-state index in [2.05, 4.69) is 76.2 Å². The molecule has 3 aliphatic rings. The summed E-state index contributed by atoms with van der Waals surface area (Å²) in [7, 11) is 5.85. The van der Waals surface area contributed by atoms with Gasteiger partial charge in [-0.15, -0.1) is 0 Å². The number of amides is 3. The van der Waals surface area contributed by atoms with Crippen molar-refractivity contribution in [3.8, 4) is 0 Å². The van der Waals surface area contributed by atoms with Crippen molar-refractivity contribution in [3.63, 3.8) is 0 Å². The van der Waals surface area contributed by atoms with Crippen LogP contribution in [0.2, 0.25) is 0 Å². The normalized spacial score (nSPS) is 26.6. The number of carbonyl (C=O) groups excluding carboxylic acids is 2. The third kappa shape index (κ3) is 5.62. The van der Waals surface area contributed by atoms with Crippen molar-refractivity contribution in [2.45, 2.75) is 62.9 Å². The van der Waals surface area contributed by atoms with Gasteiger partial charge in [-0.1, -0.05) is 36.8 Å². The van der Waals surface area contributed by atoms with Crippen LogP contribution >= 0.6 is 0 Å². The summed E-state index contributed by atoms with van der Waals surface area (Å²) >= 11 is 0. The number of urea groups is 1. The van der Waals surface area contributed by atoms with Gasteiger partial charge in [-0.3, -0.25) is 15.0 Å². The number of benzene rings is 1. The Morgan fingerprint density at radius 1 is 1.21 bits per heavy atom. The summed E-state index contributed by atoms with van der Waals surface area (Å²) < 4.78 is 5.07. The van der Waals surface area contributed by atoms with Crippen LogP contribution in [-0.4, -0.2) is 85.7 Å². The van der Waals surface area contributed by atoms with Gasteiger partial charge in [0, 0.05) is 18.6 Å². The maximum absolute atomic E-state index is 13.7. The largest absolute Gasteiger partial charge is 0.500 e. The Morgan fingerprint density at radius 3 is 2.45 bits per heavy atom. The van der Waals surface area contributed by atoms with E-state index in [-0.39, 0.29) is 35.5 Å². The smallest absolute Gasteiger partial charge is 0.321 e. The molecular weight excluding hydrogens is 480 g/mol. The molecular formula is C29H42N6O3. The predicted molar refractivity (Wildman–Crippen MR) is 150 cm³/mol. The highest BCUT2D eigenvalue weighted by Crippen LogP contribution is 2.49. The van der Waals surface area contributed by atoms with Gasteiger partial charge in [0.05, 0.1) is 18.8 Å². The summed E-state index contributed by atoms with van der Waals surface area (Å²) in [5, 5.41) is 2.68. The average Bonchev–Trinajstić information content (AvgIpc) is 3.14. The van der Waals surface area contributed by atoms with Crippen molar-refractivity contribution in [2.24, 2.45) is 15.9 Å². The van der Waals surface area contributed by atoms with Crippen LogP contribution in [0.1, 0.15) is 57.4 Å². The molecule has 1 aromatic rings. The lowest BCUT2D eigenvalue weighted by atomic mass is 9.68. The molecule has 9 nitrogen and oxygen atoms in total. The van der Waals surface area contributed by atoms with E-state index in [1.54, 1.807) is 18.9 Å². The number of allylic oxidation sites excluding steroid dienone is 1. The number of hydrogen-bond acceptors (Lipinski definition) is 5. The lowest BCUT2D eigenvalue weighted by Gasteiger charge is -2.51. The molecule has 206 valence electrons. The molecule has 4 rings (SSSR count). The molecule has 1 aliphatic heterocycles. The Hall–Kier alpha value is -3.20. The monoisotopic (exact) mass is 522 g/mol. The van der Waals surface area contributed by atoms with E-state index in [0.29, 0.717) is 18.2 Å². The first-order valence-corrected chi connectivity index (χ1v) is 13.6. The van der Waals surface area contributed by atoms with E-state index >= 15 is 0 Å². The molecule has 1 saturated heterocycles. The average molecular weight is 523 g/mol. The van der Waals surface area contributed by atoms with Crippen molar-refractivity contribution < 1.29 is 14.3 Å². The lowest BCUT2D eigenvalue weighted by molar-refractivity contribution is -0.120. The fourth-order valence-corrected chi connectivity index (χ4v) is 6.17. The van der Waals surface area contributed by atoms with E-state index in [1.807, 2.05) is 0 Å². The van der Waals surface area contributed by atoms with Crippen LogP contribution in [0.4, 0.5) is 4.79 Å². The molecule has 1 N–H and O–H groups in total. The zero-order valence-corrected chi connectivity index (χ0v) is 23.3. The lowest BCUT2D eigenvalue weighted by Crippen LogP contribution is -2.56. The van der Waals surface area contributed by atoms with Crippen molar-refractivity contribution in [3.05, 3.63) is 47.9 Å². The number of methoxy groups -OCH3 is 1. The molecule has 0 atom stereocenters. The first kappa shape index (κ1) is 27.8. The highest BCUT2D eigenvalue weighted by molar-refractivity contribution is 6.00. The van der Waals surface area contributed by atoms with Crippen molar-refractivity contribution in [1.82, 2.24) is 20.0 Å². The van der Waals surface area contributed by atoms with E-state index in [9.17, 15) is 9.59 Å². The summed E-state index contributed by atoms with van der Waals surface area (Å²) in [6.45, 7) is 6.53. The third-order valence-corrected chi connectivity index (χ3v) is 8.83. The van der Waals surface area contributed by atoms with E-state index in [0.717, 1.165) is 32.2 Å². The van der Waals surface area contributed by atoms with Gasteiger partial charge in [-0.25, -0.2) is 14.8 Å². The molecule has 0 bridgehead atoms. The van der Waals surface area contributed by atoms with Crippen LogP contribution in [0.15, 0.2) is 52.3 Å². The van der Waals surface area contributed by atoms with E-state index < -0.39 is 0 Å². The number of nitrogens with zero attached hydrogens (tertiary/aromatic N) is 5. The van der Waals surface area contributed by atoms with Crippen LogP contribution in [-0.2, 0) is 15.1 Å². The summed E-state index contributed by atoms with van der Waals surface area (Å²) in [4.78, 5) is 40.7. The quantitative estimate of drug-likeness (QED) is 0.318. The Bertz CT molecular complexity index is 1070. The van der Waals surface area contributed by atoms with Gasteiger partial charge in [-0.05, 0) is 77.7 Å². The number of nitrogens with one attached hydrogen (secondary N) is 1. The van der Waals surface area contributed by atoms with Gasteiger partial charge in [0.15, 0.2) is 0 Å². The summed E-state index contributed by atoms with van der Waals surface area (Å²) in [5.74, 6) is 0.871. The number of ether oxygens (including phenoxy) is 1. The highest BCUT2D eigenvalue weighted by Gasteiger charge is 2.55. The van der Waals surface area contributed by atoms with E-state index in [4.69, 9.17) is 4.74 Å². The number of rotatable bonds is 8. The van der Waals surface area contributed by atoms with Crippen molar-refractivity contribution >= 4 is 24.6 Å². The minimum Gasteiger partial charge on any atom is -0.500 e. The van der Waals surface area contributed by atoms with Gasteiger partial charge in [-0.2, -0.15) is 0 Å². The predicted octanol–water partition coefficient (Wildman–Crippen LogP) is 3.97. The standard InChI is InChI=1S/C29H42N6O3/c1-22(38-5)18-31-26(30-2)32-25(36)20-34-21-28(35(27(34)37)19-23-10-9-11-23)14-16-29(17-15-28,33(3)4)24-12-7-6-8-13-24/h6-8,12-13,18,23H,2,9-11,14-17,19-21H2,1,3-5H3,(H,31,32,36)/b22-18+/t28-,29+. The number of aliphatic imine (C=N–C) groups is 2. The summed E-state index contributed by atoms with van der Waals surface area (Å²) in [6.07, 6.45) is 8.76. The molecule has 0 aromatic heterocycles. The Kier molecular flexibility index (Phi) is 8.55. The minimum absolute atomic E-state index is 0.0377. The molecule has 1 heterocycles. The molecule has 1 spiro atoms. The second-order valence-corrected chi connectivity index (χ2v) is 11.2. The fourth-order valence-electron chi connectivity index (χ4n) is 6.17. The second-order valence-electron chi connectivity index (χ2n) is 11.2. The summed E-state index contributed by atoms with van der Waals surface area (Å²) in [5.41, 5.74) is 1.01. The zero-order chi connectivity index (χ0) is 27.3. The van der Waals surface area contributed by atoms with Crippen molar-refractivity contribution in [2.75, 3.05) is 40.8 Å². The third-order valence-electron chi connectivity index (χ3n) is 8.83. The molecule has 3 fully saturated rings. The molecule has 9 heteroatoms. The molecule has 38 heavy (non-hydrogen) atoms. The van der Waals surface area contributed by atoms with Gasteiger partial charge in [0.2, 0.25) is 11.9 Å². The second kappa shape index (κ2) is 11.7. The zero-order valence-electron chi connectivity index (χ0n) is 23.3. The van der Waals surface area contributed by atoms with Gasteiger partial charge < -0.3 is 14.5 Å². The first-order chi connectivity index (χ1) is 18.2. The molecule has 2 aliphatic carbocycles. The van der Waals surface area contributed by atoms with E-state index in [1.165, 1.54) is 31.0 Å². The number of guanidine groups is 1. The minimum atomic E-state index is -0.337. The number of hydrogen-bond donors (Lipinski definition) is 1. The first-order valence-electron chi connectivity index (χ1n) is 13.6. The Morgan fingerprint density at radius 2 is 1.89 bits per heavy atom. The van der Waals surface area contributed by atoms with Crippen LogP contribution < -0.4 is 5.32 Å². The van der Waals surface area contributed by atoms with Crippen molar-refractivity contribution in [1.29, 1.82) is 0 Å². The Labute approximate surface area is 226 Å². The van der Waals surface area contributed by atoms with Crippen LogP contribution in [0.25, 0.3) is 0 Å². The molecule has 0 radical (unpaired) electrons. The maximum atomic E-state index is 13.7. The fraction of sp³-hybridized carbons (Fsp3) is 0.586. The maximum Gasteiger partial charge on any atom is 0.321 e. The highest BCUT2D eigenvalue weighted by atomic mass is 16.5. The molecule has 0 unspecified atom stereocenters. The van der Waals surface area contributed by atoms with Crippen LogP contribution in [0.5, 0.6) is 0 Å². The van der Waals surface area contributed by atoms with Gasteiger partial charge >= 0.3 is 6.03 Å². The topological polar surface area (TPSA) is 89.8 Å². The van der Waals surface area contributed by atoms with Gasteiger partial charge in [0.25, 0.3) is 0 Å². The summed E-state index contributed by atoms with van der Waals surface area (Å²) in [6, 6.07) is 10.7. The molecule has 3 amide bonds. The Balaban J connectivity index is 1.51. The number of carbonyl (C=O) groups is 2. The molecule has 1 aromatic carbocycles.